The summed E-state index contributed by atoms with van der Waals surface area (Å²) in [5.41, 5.74) is -0.623. The van der Waals surface area contributed by atoms with E-state index < -0.39 is 21.0 Å². The van der Waals surface area contributed by atoms with E-state index >= 15 is 0 Å². The lowest BCUT2D eigenvalue weighted by Gasteiger charge is -2.27. The van der Waals surface area contributed by atoms with Gasteiger partial charge in [-0.05, 0) is 18.1 Å². The van der Waals surface area contributed by atoms with E-state index in [-0.39, 0.29) is 16.6 Å². The van der Waals surface area contributed by atoms with Crippen molar-refractivity contribution in [2.24, 2.45) is 11.3 Å². The zero-order valence-corrected chi connectivity index (χ0v) is 12.1. The molecule has 3 nitrogen and oxygen atoms in total. The monoisotopic (exact) mass is 268 g/mol. The Morgan fingerprint density at radius 2 is 1.67 bits per heavy atom. The van der Waals surface area contributed by atoms with Gasteiger partial charge in [0.1, 0.15) is 5.75 Å². The third kappa shape index (κ3) is 3.19. The van der Waals surface area contributed by atoms with Crippen LogP contribution in [-0.4, -0.2) is 20.0 Å². The zero-order valence-electron chi connectivity index (χ0n) is 11.3. The third-order valence-corrected chi connectivity index (χ3v) is 5.22. The van der Waals surface area contributed by atoms with Gasteiger partial charge < -0.3 is 0 Å². The molecule has 0 bridgehead atoms. The van der Waals surface area contributed by atoms with E-state index in [1.165, 1.54) is 12.1 Å². The molecule has 0 N–H and O–H groups in total. The Kier molecular flexibility index (Phi) is 4.32. The zero-order chi connectivity index (χ0) is 14.0. The molecule has 18 heavy (non-hydrogen) atoms. The SMILES string of the molecule is CC(C)C(C)(C)C(=O)CS(=O)(=O)c1ccccc1. The van der Waals surface area contributed by atoms with Crippen molar-refractivity contribution in [1.82, 2.24) is 0 Å². The predicted octanol–water partition coefficient (Wildman–Crippen LogP) is 2.71. The van der Waals surface area contributed by atoms with E-state index in [1.54, 1.807) is 32.0 Å². The van der Waals surface area contributed by atoms with Crippen LogP contribution in [0.2, 0.25) is 0 Å². The fraction of sp³-hybridized carbons (Fsp3) is 0.500. The molecule has 0 aliphatic heterocycles. The molecule has 0 radical (unpaired) electrons. The summed E-state index contributed by atoms with van der Waals surface area (Å²) < 4.78 is 24.2. The minimum Gasteiger partial charge on any atom is -0.298 e. The van der Waals surface area contributed by atoms with Crippen LogP contribution >= 0.6 is 0 Å². The predicted molar refractivity (Wildman–Crippen MR) is 72.1 cm³/mol. The minimum absolute atomic E-state index is 0.107. The van der Waals surface area contributed by atoms with E-state index in [1.807, 2.05) is 13.8 Å². The number of hydrogen-bond acceptors (Lipinski definition) is 3. The number of Topliss-reactive ketones (excluding diaryl/α,β-unsaturated/α-hetero) is 1. The van der Waals surface area contributed by atoms with Crippen LogP contribution in [0.25, 0.3) is 0 Å². The van der Waals surface area contributed by atoms with Crippen LogP contribution in [0.5, 0.6) is 0 Å². The maximum atomic E-state index is 12.1. The van der Waals surface area contributed by atoms with Crippen LogP contribution in [0.3, 0.4) is 0 Å². The molecular formula is C14H20O3S. The van der Waals surface area contributed by atoms with Crippen LogP contribution in [0.1, 0.15) is 27.7 Å². The van der Waals surface area contributed by atoms with Crippen LogP contribution in [-0.2, 0) is 14.6 Å². The highest BCUT2D eigenvalue weighted by atomic mass is 32.2. The molecule has 0 aromatic heterocycles. The molecule has 0 spiro atoms. The molecule has 0 atom stereocenters. The van der Waals surface area contributed by atoms with Gasteiger partial charge in [0.25, 0.3) is 0 Å². The molecule has 4 heteroatoms. The van der Waals surface area contributed by atoms with Gasteiger partial charge >= 0.3 is 0 Å². The number of carbonyl (C=O) groups excluding carboxylic acids is 1. The summed E-state index contributed by atoms with van der Waals surface area (Å²) in [7, 11) is -3.53. The molecule has 0 unspecified atom stereocenters. The van der Waals surface area contributed by atoms with E-state index in [9.17, 15) is 13.2 Å². The Balaban J connectivity index is 2.96. The van der Waals surface area contributed by atoms with Gasteiger partial charge in [0.05, 0.1) is 4.90 Å². The summed E-state index contributed by atoms with van der Waals surface area (Å²) >= 11 is 0. The third-order valence-electron chi connectivity index (χ3n) is 3.59. The van der Waals surface area contributed by atoms with E-state index in [4.69, 9.17) is 0 Å². The number of ketones is 1. The first kappa shape index (κ1) is 14.9. The standard InChI is InChI=1S/C14H20O3S/c1-11(2)14(3,4)13(15)10-18(16,17)12-8-6-5-7-9-12/h5-9,11H,10H2,1-4H3. The molecule has 0 heterocycles. The molecule has 0 saturated carbocycles. The van der Waals surface area contributed by atoms with Gasteiger partial charge in [0.15, 0.2) is 15.6 Å². The summed E-state index contributed by atoms with van der Waals surface area (Å²) in [4.78, 5) is 12.3. The number of hydrogen-bond donors (Lipinski definition) is 0. The Bertz CT molecular complexity index is 513. The summed E-state index contributed by atoms with van der Waals surface area (Å²) in [5, 5.41) is 0. The van der Waals surface area contributed by atoms with Gasteiger partial charge in [0, 0.05) is 5.41 Å². The van der Waals surface area contributed by atoms with E-state index in [2.05, 4.69) is 0 Å². The maximum absolute atomic E-state index is 12.1. The molecule has 1 aromatic rings. The molecule has 0 aliphatic carbocycles. The Hall–Kier alpha value is -1.16. The number of benzene rings is 1. The Labute approximate surface area is 109 Å². The van der Waals surface area contributed by atoms with Gasteiger partial charge in [-0.1, -0.05) is 45.9 Å². The lowest BCUT2D eigenvalue weighted by Crippen LogP contribution is -2.34. The van der Waals surface area contributed by atoms with Crippen molar-refractivity contribution in [3.05, 3.63) is 30.3 Å². The molecule has 1 aromatic carbocycles. The second-order valence-electron chi connectivity index (χ2n) is 5.37. The van der Waals surface area contributed by atoms with Crippen molar-refractivity contribution in [2.75, 3.05) is 5.75 Å². The van der Waals surface area contributed by atoms with Crippen LogP contribution in [0.15, 0.2) is 35.2 Å². The highest BCUT2D eigenvalue weighted by molar-refractivity contribution is 7.92. The first-order valence-electron chi connectivity index (χ1n) is 5.99. The van der Waals surface area contributed by atoms with Gasteiger partial charge in [-0.2, -0.15) is 0 Å². The van der Waals surface area contributed by atoms with Crippen molar-refractivity contribution < 1.29 is 13.2 Å². The van der Waals surface area contributed by atoms with Crippen molar-refractivity contribution in [2.45, 2.75) is 32.6 Å². The van der Waals surface area contributed by atoms with Gasteiger partial charge in [-0.3, -0.25) is 4.79 Å². The summed E-state index contributed by atoms with van der Waals surface area (Å²) in [6.45, 7) is 7.43. The average molecular weight is 268 g/mol. The topological polar surface area (TPSA) is 51.2 Å². The summed E-state index contributed by atoms with van der Waals surface area (Å²) in [6, 6.07) is 8.10. The van der Waals surface area contributed by atoms with Crippen molar-refractivity contribution in [1.29, 1.82) is 0 Å². The molecule has 0 saturated heterocycles. The van der Waals surface area contributed by atoms with Crippen molar-refractivity contribution in [3.8, 4) is 0 Å². The van der Waals surface area contributed by atoms with E-state index in [0.29, 0.717) is 0 Å². The van der Waals surface area contributed by atoms with Crippen LogP contribution in [0.4, 0.5) is 0 Å². The smallest absolute Gasteiger partial charge is 0.185 e. The van der Waals surface area contributed by atoms with Gasteiger partial charge in [-0.25, -0.2) is 8.42 Å². The van der Waals surface area contributed by atoms with Crippen LogP contribution < -0.4 is 0 Å². The first-order valence-corrected chi connectivity index (χ1v) is 7.64. The molecule has 0 amide bonds. The second-order valence-corrected chi connectivity index (χ2v) is 7.36. The Morgan fingerprint density at radius 1 is 1.17 bits per heavy atom. The normalized spacial score (nSPS) is 12.7. The first-order chi connectivity index (χ1) is 8.18. The lowest BCUT2D eigenvalue weighted by molar-refractivity contribution is -0.126. The molecule has 0 fully saturated rings. The lowest BCUT2D eigenvalue weighted by atomic mass is 9.78. The van der Waals surface area contributed by atoms with Crippen molar-refractivity contribution in [3.63, 3.8) is 0 Å². The largest absolute Gasteiger partial charge is 0.298 e. The highest BCUT2D eigenvalue weighted by Crippen LogP contribution is 2.28. The summed E-state index contributed by atoms with van der Waals surface area (Å²) in [6.07, 6.45) is 0. The molecule has 1 rings (SSSR count). The fourth-order valence-electron chi connectivity index (χ4n) is 1.39. The molecule has 100 valence electrons. The summed E-state index contributed by atoms with van der Waals surface area (Å²) in [5.74, 6) is -0.556. The number of sulfone groups is 1. The fourth-order valence-corrected chi connectivity index (χ4v) is 2.85. The van der Waals surface area contributed by atoms with Crippen LogP contribution in [0, 0.1) is 11.3 Å². The van der Waals surface area contributed by atoms with Gasteiger partial charge in [-0.15, -0.1) is 0 Å². The number of carbonyl (C=O) groups is 1. The molecular weight excluding hydrogens is 248 g/mol. The quantitative estimate of drug-likeness (QED) is 0.825. The molecule has 0 aliphatic rings. The highest BCUT2D eigenvalue weighted by Gasteiger charge is 2.34. The average Bonchev–Trinajstić information content (AvgIpc) is 2.29. The Morgan fingerprint density at radius 3 is 2.11 bits per heavy atom. The second kappa shape index (κ2) is 5.22. The van der Waals surface area contributed by atoms with Gasteiger partial charge in [0.2, 0.25) is 0 Å². The van der Waals surface area contributed by atoms with E-state index in [0.717, 1.165) is 0 Å². The maximum Gasteiger partial charge on any atom is 0.185 e. The number of rotatable bonds is 5. The minimum atomic E-state index is -3.53. The van der Waals surface area contributed by atoms with Crippen molar-refractivity contribution >= 4 is 15.6 Å².